The molecule has 1 saturated carbocycles. The Hall–Kier alpha value is -0.0800. The van der Waals surface area contributed by atoms with Gasteiger partial charge in [-0.15, -0.1) is 24.0 Å². The van der Waals surface area contributed by atoms with E-state index in [4.69, 9.17) is 14.5 Å². The first kappa shape index (κ1) is 25.0. The fourth-order valence-corrected chi connectivity index (χ4v) is 4.38. The number of halogens is 1. The molecule has 6 heteroatoms. The van der Waals surface area contributed by atoms with Crippen molar-refractivity contribution in [1.29, 1.82) is 0 Å². The van der Waals surface area contributed by atoms with Crippen LogP contribution >= 0.6 is 24.0 Å². The van der Waals surface area contributed by atoms with E-state index >= 15 is 0 Å². The number of guanidine groups is 1. The molecule has 2 N–H and O–H groups in total. The van der Waals surface area contributed by atoms with Crippen molar-refractivity contribution in [3.8, 4) is 0 Å². The molecule has 0 amide bonds. The predicted octanol–water partition coefficient (Wildman–Crippen LogP) is 4.35. The van der Waals surface area contributed by atoms with E-state index in [0.29, 0.717) is 11.5 Å². The second kappa shape index (κ2) is 14.0. The molecule has 1 aliphatic carbocycles. The van der Waals surface area contributed by atoms with Crippen LogP contribution in [0.1, 0.15) is 72.1 Å². The fourth-order valence-electron chi connectivity index (χ4n) is 4.38. The highest BCUT2D eigenvalue weighted by Gasteiger charge is 2.34. The summed E-state index contributed by atoms with van der Waals surface area (Å²) in [5, 5.41) is 6.89. The van der Waals surface area contributed by atoms with Gasteiger partial charge in [-0.1, -0.05) is 26.7 Å². The van der Waals surface area contributed by atoms with Gasteiger partial charge >= 0.3 is 0 Å². The Morgan fingerprint density at radius 2 is 1.89 bits per heavy atom. The number of nitrogens with zero attached hydrogens (tertiary/aromatic N) is 1. The molecule has 0 aromatic rings. The topological polar surface area (TPSA) is 54.9 Å². The zero-order valence-corrected chi connectivity index (χ0v) is 20.1. The molecule has 1 saturated heterocycles. The Balaban J connectivity index is 0.00000364. The van der Waals surface area contributed by atoms with Crippen molar-refractivity contribution >= 4 is 29.9 Å². The second-order valence-corrected chi connectivity index (χ2v) is 8.46. The van der Waals surface area contributed by atoms with Gasteiger partial charge in [-0.2, -0.15) is 0 Å². The molecule has 0 aromatic heterocycles. The number of hydrogen-bond donors (Lipinski definition) is 2. The highest BCUT2D eigenvalue weighted by atomic mass is 127. The van der Waals surface area contributed by atoms with Crippen LogP contribution in [0.3, 0.4) is 0 Å². The third-order valence-electron chi connectivity index (χ3n) is 5.56. The minimum Gasteiger partial charge on any atom is -0.381 e. The molecule has 0 atom stereocenters. The minimum absolute atomic E-state index is 0. The number of rotatable bonds is 10. The number of ether oxygens (including phenoxy) is 2. The van der Waals surface area contributed by atoms with Crippen molar-refractivity contribution in [2.75, 3.05) is 39.5 Å². The van der Waals surface area contributed by atoms with Crippen molar-refractivity contribution in [3.63, 3.8) is 0 Å². The molecule has 0 bridgehead atoms. The van der Waals surface area contributed by atoms with Gasteiger partial charge in [0.1, 0.15) is 0 Å². The standard InChI is InChI=1S/C21H41N3O2.HI/c1-4-22-20(23-12-7-13-26-19-8-14-25-15-9-19)24-17-21(16-18(2)3)10-5-6-11-21;/h18-19H,4-17H2,1-3H3,(H2,22,23,24);1H. The van der Waals surface area contributed by atoms with Gasteiger partial charge in [0, 0.05) is 39.5 Å². The van der Waals surface area contributed by atoms with Crippen LogP contribution in [0.5, 0.6) is 0 Å². The predicted molar refractivity (Wildman–Crippen MR) is 124 cm³/mol. The Labute approximate surface area is 183 Å². The van der Waals surface area contributed by atoms with E-state index < -0.39 is 0 Å². The van der Waals surface area contributed by atoms with Gasteiger partial charge in [0.15, 0.2) is 5.96 Å². The Bertz CT molecular complexity index is 406. The van der Waals surface area contributed by atoms with Gasteiger partial charge in [0.05, 0.1) is 6.10 Å². The van der Waals surface area contributed by atoms with E-state index in [1.807, 2.05) is 0 Å². The largest absolute Gasteiger partial charge is 0.381 e. The van der Waals surface area contributed by atoms with Gasteiger partial charge in [-0.05, 0) is 56.8 Å². The first-order chi connectivity index (χ1) is 12.6. The third-order valence-corrected chi connectivity index (χ3v) is 5.56. The summed E-state index contributed by atoms with van der Waals surface area (Å²) in [4.78, 5) is 4.95. The lowest BCUT2D eigenvalue weighted by molar-refractivity contribution is -0.0320. The first-order valence-electron chi connectivity index (χ1n) is 10.8. The van der Waals surface area contributed by atoms with Gasteiger partial charge in [-0.3, -0.25) is 4.99 Å². The minimum atomic E-state index is 0. The number of hydrogen-bond acceptors (Lipinski definition) is 3. The van der Waals surface area contributed by atoms with Crippen LogP contribution in [-0.4, -0.2) is 51.5 Å². The molecule has 2 fully saturated rings. The Morgan fingerprint density at radius 1 is 1.19 bits per heavy atom. The van der Waals surface area contributed by atoms with Gasteiger partial charge in [0.2, 0.25) is 0 Å². The monoisotopic (exact) mass is 495 g/mol. The van der Waals surface area contributed by atoms with Crippen LogP contribution in [0.15, 0.2) is 4.99 Å². The van der Waals surface area contributed by atoms with E-state index in [9.17, 15) is 0 Å². The summed E-state index contributed by atoms with van der Waals surface area (Å²) < 4.78 is 11.3. The maximum Gasteiger partial charge on any atom is 0.191 e. The van der Waals surface area contributed by atoms with Crippen molar-refractivity contribution in [1.82, 2.24) is 10.6 Å². The van der Waals surface area contributed by atoms with Crippen LogP contribution in [0.2, 0.25) is 0 Å². The Kier molecular flexibility index (Phi) is 12.9. The molecule has 5 nitrogen and oxygen atoms in total. The summed E-state index contributed by atoms with van der Waals surface area (Å²) in [6.07, 6.45) is 10.2. The van der Waals surface area contributed by atoms with Crippen molar-refractivity contribution in [3.05, 3.63) is 0 Å². The SMILES string of the molecule is CCNC(=NCC1(CC(C)C)CCCC1)NCCCOC1CCOCC1.I. The number of nitrogens with one attached hydrogen (secondary N) is 2. The quantitative estimate of drug-likeness (QED) is 0.205. The molecule has 160 valence electrons. The van der Waals surface area contributed by atoms with E-state index in [2.05, 4.69) is 31.4 Å². The molecular formula is C21H42IN3O2. The lowest BCUT2D eigenvalue weighted by atomic mass is 9.78. The Morgan fingerprint density at radius 3 is 2.52 bits per heavy atom. The average Bonchev–Trinajstić information content (AvgIpc) is 3.08. The maximum absolute atomic E-state index is 5.95. The van der Waals surface area contributed by atoms with E-state index in [0.717, 1.165) is 70.6 Å². The third kappa shape index (κ3) is 9.79. The van der Waals surface area contributed by atoms with Crippen molar-refractivity contribution < 1.29 is 9.47 Å². The highest BCUT2D eigenvalue weighted by molar-refractivity contribution is 14.0. The average molecular weight is 495 g/mol. The van der Waals surface area contributed by atoms with Crippen LogP contribution in [0, 0.1) is 11.3 Å². The molecule has 0 unspecified atom stereocenters. The molecule has 27 heavy (non-hydrogen) atoms. The van der Waals surface area contributed by atoms with Gasteiger partial charge in [-0.25, -0.2) is 0 Å². The second-order valence-electron chi connectivity index (χ2n) is 8.46. The number of aliphatic imine (C=N–C) groups is 1. The fraction of sp³-hybridized carbons (Fsp3) is 0.952. The molecule has 2 rings (SSSR count). The zero-order valence-electron chi connectivity index (χ0n) is 17.7. The maximum atomic E-state index is 5.95. The summed E-state index contributed by atoms with van der Waals surface area (Å²) in [5.41, 5.74) is 0.433. The van der Waals surface area contributed by atoms with Gasteiger partial charge < -0.3 is 20.1 Å². The summed E-state index contributed by atoms with van der Waals surface area (Å²) in [6.45, 7) is 12.1. The summed E-state index contributed by atoms with van der Waals surface area (Å²) >= 11 is 0. The summed E-state index contributed by atoms with van der Waals surface area (Å²) in [7, 11) is 0. The first-order valence-corrected chi connectivity index (χ1v) is 10.8. The highest BCUT2D eigenvalue weighted by Crippen LogP contribution is 2.43. The molecule has 0 spiro atoms. The van der Waals surface area contributed by atoms with E-state index in [-0.39, 0.29) is 24.0 Å². The van der Waals surface area contributed by atoms with E-state index in [1.165, 1.54) is 32.1 Å². The van der Waals surface area contributed by atoms with Crippen LogP contribution < -0.4 is 10.6 Å². The van der Waals surface area contributed by atoms with Crippen LogP contribution in [-0.2, 0) is 9.47 Å². The normalized spacial score (nSPS) is 20.5. The van der Waals surface area contributed by atoms with Crippen molar-refractivity contribution in [2.45, 2.75) is 78.2 Å². The van der Waals surface area contributed by atoms with Crippen molar-refractivity contribution in [2.24, 2.45) is 16.3 Å². The molecule has 1 aliphatic heterocycles. The van der Waals surface area contributed by atoms with Crippen LogP contribution in [0.25, 0.3) is 0 Å². The molecule has 1 heterocycles. The zero-order chi connectivity index (χ0) is 18.7. The lowest BCUT2D eigenvalue weighted by Crippen LogP contribution is -2.39. The lowest BCUT2D eigenvalue weighted by Gasteiger charge is -2.29. The van der Waals surface area contributed by atoms with Gasteiger partial charge in [0.25, 0.3) is 0 Å². The van der Waals surface area contributed by atoms with E-state index in [1.54, 1.807) is 0 Å². The summed E-state index contributed by atoms with van der Waals surface area (Å²) in [5.74, 6) is 1.72. The molecule has 0 radical (unpaired) electrons. The molecule has 2 aliphatic rings. The molecule has 0 aromatic carbocycles. The smallest absolute Gasteiger partial charge is 0.191 e. The van der Waals surface area contributed by atoms with Crippen LogP contribution in [0.4, 0.5) is 0 Å². The summed E-state index contributed by atoms with van der Waals surface area (Å²) in [6, 6.07) is 0. The molecular weight excluding hydrogens is 453 g/mol.